The minimum Gasteiger partial charge on any atom is -0.469 e. The lowest BCUT2D eigenvalue weighted by Gasteiger charge is -2.70. The Morgan fingerprint density at radius 2 is 1.29 bits per heavy atom. The molecule has 0 bridgehead atoms. The number of hydrogen-bond acceptors (Lipinski definition) is 18. The van der Waals surface area contributed by atoms with Crippen molar-refractivity contribution in [3.63, 3.8) is 0 Å². The van der Waals surface area contributed by atoms with Gasteiger partial charge in [-0.05, 0) is 115 Å². The molecule has 3 heterocycles. The Balaban J connectivity index is 1.02. The predicted molar refractivity (Wildman–Crippen MR) is 297 cm³/mol. The molecular formula is C65H86O18. The van der Waals surface area contributed by atoms with Crippen LogP contribution in [0.15, 0.2) is 72.3 Å². The number of hydrogen-bond donors (Lipinski definition) is 0. The third-order valence-corrected chi connectivity index (χ3v) is 21.4. The lowest BCUT2D eigenvalue weighted by molar-refractivity contribution is -0.406. The first-order chi connectivity index (χ1) is 39.2. The number of esters is 5. The van der Waals surface area contributed by atoms with E-state index in [-0.39, 0.29) is 59.0 Å². The van der Waals surface area contributed by atoms with E-state index >= 15 is 4.79 Å². The highest BCUT2D eigenvalue weighted by Gasteiger charge is 2.71. The molecule has 4 saturated carbocycles. The number of ketones is 1. The van der Waals surface area contributed by atoms with Crippen molar-refractivity contribution >= 4 is 35.6 Å². The zero-order valence-corrected chi connectivity index (χ0v) is 50.3. The van der Waals surface area contributed by atoms with Crippen molar-refractivity contribution in [3.05, 3.63) is 83.4 Å². The summed E-state index contributed by atoms with van der Waals surface area (Å²) in [5.74, 6) is -3.24. The SMILES string of the molecule is COC(=O)[C@@]1(C)CC[C@]2(C)CC[C@]3(C)C(=CC(=O)[C@@H]4[C@@]5(C)CC[C@H](O[C@@H]6O[C@@H]7CO[C@@H](c8ccccc8)O[C@H]7[C@H](OCc7ccccc7)[C@H]6O[C@@H]6O[C@H](COC(C)=O)[C@H](OC(C)=O)[C@H](OC(C)=O)[C@H]6OC(C)=O)C(C)(C)[C@@H]5CC[C@]43C)[C@@H]2C1. The quantitative estimate of drug-likeness (QED) is 0.0978. The van der Waals surface area contributed by atoms with E-state index in [1.807, 2.05) is 73.7 Å². The number of fused-ring (bicyclic) bond motifs is 8. The van der Waals surface area contributed by atoms with E-state index in [0.29, 0.717) is 19.3 Å². The summed E-state index contributed by atoms with van der Waals surface area (Å²) in [6, 6.07) is 19.1. The molecule has 20 atom stereocenters. The molecular weight excluding hydrogens is 1070 g/mol. The monoisotopic (exact) mass is 1150 g/mol. The third-order valence-electron chi connectivity index (χ3n) is 21.4. The summed E-state index contributed by atoms with van der Waals surface area (Å²) in [5.41, 5.74) is 0.507. The van der Waals surface area contributed by atoms with Crippen molar-refractivity contribution in [3.8, 4) is 0 Å². The fourth-order valence-electron chi connectivity index (χ4n) is 17.0. The second-order valence-electron chi connectivity index (χ2n) is 26.9. The van der Waals surface area contributed by atoms with Crippen LogP contribution in [-0.4, -0.2) is 123 Å². The minimum absolute atomic E-state index is 0.00838. The van der Waals surface area contributed by atoms with Gasteiger partial charge < -0.3 is 56.8 Å². The first-order valence-corrected chi connectivity index (χ1v) is 29.8. The largest absolute Gasteiger partial charge is 0.469 e. The van der Waals surface area contributed by atoms with Gasteiger partial charge in [-0.3, -0.25) is 28.8 Å². The molecule has 0 unspecified atom stereocenters. The summed E-state index contributed by atoms with van der Waals surface area (Å²) >= 11 is 0. The number of rotatable bonds is 14. The van der Waals surface area contributed by atoms with Crippen molar-refractivity contribution in [2.75, 3.05) is 20.3 Å². The van der Waals surface area contributed by atoms with E-state index in [2.05, 4.69) is 41.5 Å². The highest BCUT2D eigenvalue weighted by molar-refractivity contribution is 5.95. The van der Waals surface area contributed by atoms with Crippen molar-refractivity contribution < 1.29 is 85.6 Å². The van der Waals surface area contributed by atoms with Gasteiger partial charge in [0, 0.05) is 39.2 Å². The molecule has 0 aromatic heterocycles. The van der Waals surface area contributed by atoms with Crippen molar-refractivity contribution in [2.45, 2.75) is 214 Å². The zero-order chi connectivity index (χ0) is 59.6. The van der Waals surface area contributed by atoms with Crippen LogP contribution in [0.25, 0.3) is 0 Å². The van der Waals surface area contributed by atoms with Crippen LogP contribution < -0.4 is 0 Å². The molecule has 2 aromatic rings. The van der Waals surface area contributed by atoms with Gasteiger partial charge in [-0.15, -0.1) is 0 Å². The fourth-order valence-corrected chi connectivity index (χ4v) is 17.0. The maximum atomic E-state index is 15.5. The average Bonchev–Trinajstić information content (AvgIpc) is 1.73. The van der Waals surface area contributed by atoms with Gasteiger partial charge in [0.1, 0.15) is 37.1 Å². The van der Waals surface area contributed by atoms with Gasteiger partial charge in [-0.2, -0.15) is 0 Å². The number of methoxy groups -OCH3 is 1. The van der Waals surface area contributed by atoms with Gasteiger partial charge in [0.15, 0.2) is 43.0 Å². The first-order valence-electron chi connectivity index (χ1n) is 29.8. The summed E-state index contributed by atoms with van der Waals surface area (Å²) in [6.07, 6.45) is -4.80. The molecule has 0 radical (unpaired) electrons. The van der Waals surface area contributed by atoms with Gasteiger partial charge in [0.25, 0.3) is 0 Å². The summed E-state index contributed by atoms with van der Waals surface area (Å²) in [5, 5.41) is 0. The van der Waals surface area contributed by atoms with Crippen LogP contribution in [0.1, 0.15) is 151 Å². The van der Waals surface area contributed by atoms with Gasteiger partial charge in [0.05, 0.1) is 31.8 Å². The molecule has 3 saturated heterocycles. The Kier molecular flexibility index (Phi) is 17.1. The van der Waals surface area contributed by atoms with Crippen LogP contribution >= 0.6 is 0 Å². The third kappa shape index (κ3) is 11.2. The number of benzene rings is 2. The molecule has 0 N–H and O–H groups in total. The zero-order valence-electron chi connectivity index (χ0n) is 50.3. The molecule has 2 aromatic carbocycles. The molecule has 83 heavy (non-hydrogen) atoms. The molecule has 5 aliphatic carbocycles. The summed E-state index contributed by atoms with van der Waals surface area (Å²) in [6.45, 7) is 20.3. The molecule has 18 nitrogen and oxygen atoms in total. The Hall–Kier alpha value is -5.08. The molecule has 3 aliphatic heterocycles. The Labute approximate surface area is 487 Å². The molecule has 454 valence electrons. The Morgan fingerprint density at radius 1 is 0.651 bits per heavy atom. The van der Waals surface area contributed by atoms with Gasteiger partial charge in [-0.25, -0.2) is 0 Å². The summed E-state index contributed by atoms with van der Waals surface area (Å²) in [7, 11) is 1.47. The van der Waals surface area contributed by atoms with Crippen LogP contribution in [0, 0.1) is 50.2 Å². The van der Waals surface area contributed by atoms with Crippen LogP contribution in [-0.2, 0) is 92.2 Å². The topological polar surface area (TPSA) is 213 Å². The summed E-state index contributed by atoms with van der Waals surface area (Å²) < 4.78 is 77.0. The van der Waals surface area contributed by atoms with Gasteiger partial charge >= 0.3 is 29.8 Å². The number of carbonyl (C=O) groups is 6. The van der Waals surface area contributed by atoms with Gasteiger partial charge in [-0.1, -0.05) is 108 Å². The summed E-state index contributed by atoms with van der Waals surface area (Å²) in [4.78, 5) is 80.1. The van der Waals surface area contributed by atoms with E-state index in [4.69, 9.17) is 56.8 Å². The number of allylic oxidation sites excluding steroid dienone is 2. The van der Waals surface area contributed by atoms with E-state index in [1.54, 1.807) is 0 Å². The second kappa shape index (κ2) is 23.3. The van der Waals surface area contributed by atoms with Crippen LogP contribution in [0.2, 0.25) is 0 Å². The fraction of sp³-hybridized carbons (Fsp3) is 0.692. The molecule has 7 fully saturated rings. The number of carbonyl (C=O) groups excluding carboxylic acids is 6. The molecule has 18 heteroatoms. The molecule has 0 amide bonds. The minimum atomic E-state index is -1.63. The Morgan fingerprint density at radius 3 is 1.95 bits per heavy atom. The highest BCUT2D eigenvalue weighted by Crippen LogP contribution is 2.75. The van der Waals surface area contributed by atoms with Crippen LogP contribution in [0.3, 0.4) is 0 Å². The van der Waals surface area contributed by atoms with Crippen LogP contribution in [0.4, 0.5) is 0 Å². The van der Waals surface area contributed by atoms with Crippen molar-refractivity contribution in [1.82, 2.24) is 0 Å². The molecule has 0 spiro atoms. The van der Waals surface area contributed by atoms with E-state index in [0.717, 1.165) is 63.5 Å². The van der Waals surface area contributed by atoms with Gasteiger partial charge in [0.2, 0.25) is 0 Å². The van der Waals surface area contributed by atoms with Crippen LogP contribution in [0.5, 0.6) is 0 Å². The van der Waals surface area contributed by atoms with Crippen molar-refractivity contribution in [2.24, 2.45) is 50.2 Å². The maximum Gasteiger partial charge on any atom is 0.311 e. The first kappa shape index (κ1) is 61.0. The van der Waals surface area contributed by atoms with E-state index in [9.17, 15) is 24.0 Å². The normalized spacial score (nSPS) is 41.6. The second-order valence-corrected chi connectivity index (χ2v) is 26.9. The predicted octanol–water partition coefficient (Wildman–Crippen LogP) is 9.42. The highest BCUT2D eigenvalue weighted by atomic mass is 16.8. The number of ether oxygens (including phenoxy) is 12. The smallest absolute Gasteiger partial charge is 0.311 e. The van der Waals surface area contributed by atoms with E-state index < -0.39 is 121 Å². The van der Waals surface area contributed by atoms with Crippen molar-refractivity contribution in [1.29, 1.82) is 0 Å². The molecule has 10 rings (SSSR count). The van der Waals surface area contributed by atoms with E-state index in [1.165, 1.54) is 26.5 Å². The molecule has 8 aliphatic rings. The Bertz CT molecular complexity index is 2780. The average molecular weight is 1160 g/mol. The lowest BCUT2D eigenvalue weighted by atomic mass is 9.33. The standard InChI is InChI=1S/C65H86O18/c1-36(66)73-34-45-50(76-37(2)67)52(77-38(3)68)54(78-39(4)69)58(80-45)83-53-51(74-33-40-19-15-13-16-20-40)49-46(35-75-56(82-49)41-21-17-14-18-22-41)79-57(53)81-48-24-25-63(9)47(60(48,5)6)23-26-65(11)55(63)44(70)31-42-43-32-62(8,59(71)72-12)28-27-61(43,7)29-30-64(42,65)10/h13-22,31,43,45-58H,23-30,32-35H2,1-12H3/t43-,45+,46+,47-,48-,49+,50-,51-,52-,53+,54+,55+,56+,57-,58-,61+,62-,63-,64+,65+/m0/s1. The maximum absolute atomic E-state index is 15.5. The lowest BCUT2D eigenvalue weighted by Crippen LogP contribution is -2.69.